The van der Waals surface area contributed by atoms with Gasteiger partial charge in [-0.05, 0) is 25.7 Å². The number of amides is 1. The molecule has 0 radical (unpaired) electrons. The van der Waals surface area contributed by atoms with Crippen LogP contribution in [0.3, 0.4) is 0 Å². The van der Waals surface area contributed by atoms with Gasteiger partial charge < -0.3 is 10.4 Å². The fourth-order valence-electron chi connectivity index (χ4n) is 2.08. The van der Waals surface area contributed by atoms with Crippen molar-refractivity contribution in [3.63, 3.8) is 0 Å². The van der Waals surface area contributed by atoms with Crippen LogP contribution >= 0.6 is 11.3 Å². The Bertz CT molecular complexity index is 522. The number of hydrogen-bond donors (Lipinski definition) is 2. The Morgan fingerprint density at radius 1 is 1.58 bits per heavy atom. The second-order valence-electron chi connectivity index (χ2n) is 4.57. The molecule has 1 aromatic rings. The largest absolute Gasteiger partial charge is 0.477 e. The van der Waals surface area contributed by atoms with Gasteiger partial charge in [-0.3, -0.25) is 4.79 Å². The average Bonchev–Trinajstić information content (AvgIpc) is 2.96. The van der Waals surface area contributed by atoms with E-state index in [9.17, 15) is 9.59 Å². The second kappa shape index (κ2) is 5.97. The summed E-state index contributed by atoms with van der Waals surface area (Å²) >= 11 is 1.11. The molecule has 1 heterocycles. The Morgan fingerprint density at radius 3 is 2.95 bits per heavy atom. The number of carboxylic acid groups (broad SMARTS) is 1. The standard InChI is InChI=1S/C13H16N2O3S/c1-8-12(13(17)18)19-11(15-8)7-14-10(16)6-9-4-2-3-5-9/h2,4,9H,3,5-7H2,1H3,(H,14,16)(H,17,18). The summed E-state index contributed by atoms with van der Waals surface area (Å²) in [6.45, 7) is 1.96. The number of aromatic nitrogens is 1. The number of nitrogens with one attached hydrogen (secondary N) is 1. The van der Waals surface area contributed by atoms with Crippen LogP contribution in [-0.4, -0.2) is 22.0 Å². The van der Waals surface area contributed by atoms with E-state index in [-0.39, 0.29) is 10.8 Å². The van der Waals surface area contributed by atoms with E-state index in [0.29, 0.717) is 29.6 Å². The SMILES string of the molecule is Cc1nc(CNC(=O)CC2C=CCC2)sc1C(=O)O. The molecule has 0 aromatic carbocycles. The van der Waals surface area contributed by atoms with Crippen LogP contribution in [0.25, 0.3) is 0 Å². The molecule has 1 aliphatic rings. The molecule has 0 fully saturated rings. The third kappa shape index (κ3) is 3.64. The van der Waals surface area contributed by atoms with Gasteiger partial charge in [0, 0.05) is 6.42 Å². The molecule has 2 rings (SSSR count). The quantitative estimate of drug-likeness (QED) is 0.810. The van der Waals surface area contributed by atoms with E-state index >= 15 is 0 Å². The smallest absolute Gasteiger partial charge is 0.347 e. The molecule has 0 aliphatic heterocycles. The molecule has 0 spiro atoms. The summed E-state index contributed by atoms with van der Waals surface area (Å²) in [7, 11) is 0. The summed E-state index contributed by atoms with van der Waals surface area (Å²) < 4.78 is 0. The number of carboxylic acids is 1. The highest BCUT2D eigenvalue weighted by atomic mass is 32.1. The van der Waals surface area contributed by atoms with Crippen LogP contribution in [0.5, 0.6) is 0 Å². The number of carbonyl (C=O) groups is 2. The normalized spacial score (nSPS) is 17.6. The molecular weight excluding hydrogens is 264 g/mol. The van der Waals surface area contributed by atoms with Crippen LogP contribution in [0.4, 0.5) is 0 Å². The Kier molecular flexibility index (Phi) is 4.31. The molecular formula is C13H16N2O3S. The summed E-state index contributed by atoms with van der Waals surface area (Å²) in [6.07, 6.45) is 6.75. The van der Waals surface area contributed by atoms with Crippen molar-refractivity contribution in [1.82, 2.24) is 10.3 Å². The van der Waals surface area contributed by atoms with Gasteiger partial charge in [0.25, 0.3) is 0 Å². The summed E-state index contributed by atoms with van der Waals surface area (Å²) in [5.74, 6) is -0.641. The molecule has 19 heavy (non-hydrogen) atoms. The lowest BCUT2D eigenvalue weighted by Gasteiger charge is -2.07. The lowest BCUT2D eigenvalue weighted by molar-refractivity contribution is -0.121. The van der Waals surface area contributed by atoms with Gasteiger partial charge >= 0.3 is 5.97 Å². The van der Waals surface area contributed by atoms with Crippen LogP contribution in [-0.2, 0) is 11.3 Å². The minimum atomic E-state index is -0.969. The van der Waals surface area contributed by atoms with E-state index in [4.69, 9.17) is 5.11 Å². The molecule has 1 aliphatic carbocycles. The van der Waals surface area contributed by atoms with E-state index in [2.05, 4.69) is 22.5 Å². The Balaban J connectivity index is 1.84. The first-order valence-corrected chi connectivity index (χ1v) is 7.01. The average molecular weight is 280 g/mol. The number of allylic oxidation sites excluding steroid dienone is 2. The highest BCUT2D eigenvalue weighted by molar-refractivity contribution is 7.13. The fourth-order valence-corrected chi connectivity index (χ4v) is 2.92. The zero-order valence-electron chi connectivity index (χ0n) is 10.7. The monoisotopic (exact) mass is 280 g/mol. The highest BCUT2D eigenvalue weighted by Crippen LogP contribution is 2.21. The summed E-state index contributed by atoms with van der Waals surface area (Å²) in [6, 6.07) is 0. The molecule has 1 unspecified atom stereocenters. The van der Waals surface area contributed by atoms with Gasteiger partial charge in [-0.25, -0.2) is 9.78 Å². The third-order valence-electron chi connectivity index (χ3n) is 3.03. The van der Waals surface area contributed by atoms with Crippen LogP contribution in [0, 0.1) is 12.8 Å². The maximum absolute atomic E-state index is 11.7. The number of aromatic carboxylic acids is 1. The molecule has 0 saturated heterocycles. The van der Waals surface area contributed by atoms with E-state index in [1.807, 2.05) is 0 Å². The van der Waals surface area contributed by atoms with Gasteiger partial charge in [0.05, 0.1) is 12.2 Å². The minimum Gasteiger partial charge on any atom is -0.477 e. The first kappa shape index (κ1) is 13.7. The molecule has 1 atom stereocenters. The van der Waals surface area contributed by atoms with Crippen LogP contribution in [0.2, 0.25) is 0 Å². The zero-order chi connectivity index (χ0) is 13.8. The van der Waals surface area contributed by atoms with E-state index in [1.165, 1.54) is 0 Å². The molecule has 2 N–H and O–H groups in total. The number of nitrogens with zero attached hydrogens (tertiary/aromatic N) is 1. The number of thiazole rings is 1. The van der Waals surface area contributed by atoms with Crippen molar-refractivity contribution in [2.75, 3.05) is 0 Å². The minimum absolute atomic E-state index is 0.0127. The molecule has 1 aromatic heterocycles. The van der Waals surface area contributed by atoms with Crippen molar-refractivity contribution in [2.45, 2.75) is 32.7 Å². The molecule has 6 heteroatoms. The first-order chi connectivity index (χ1) is 9.06. The Hall–Kier alpha value is -1.69. The van der Waals surface area contributed by atoms with Crippen molar-refractivity contribution < 1.29 is 14.7 Å². The number of carbonyl (C=O) groups excluding carboxylic acids is 1. The van der Waals surface area contributed by atoms with Gasteiger partial charge in [0.1, 0.15) is 9.88 Å². The van der Waals surface area contributed by atoms with E-state index in [0.717, 1.165) is 24.2 Å². The van der Waals surface area contributed by atoms with Gasteiger partial charge in [0.2, 0.25) is 5.91 Å². The van der Waals surface area contributed by atoms with Crippen molar-refractivity contribution >= 4 is 23.2 Å². The predicted octanol–water partition coefficient (Wildman–Crippen LogP) is 2.12. The van der Waals surface area contributed by atoms with Gasteiger partial charge in [0.15, 0.2) is 0 Å². The van der Waals surface area contributed by atoms with Gasteiger partial charge in [-0.2, -0.15) is 0 Å². The van der Waals surface area contributed by atoms with Crippen molar-refractivity contribution in [3.05, 3.63) is 27.7 Å². The Labute approximate surface area is 115 Å². The van der Waals surface area contributed by atoms with E-state index < -0.39 is 5.97 Å². The van der Waals surface area contributed by atoms with Gasteiger partial charge in [-0.1, -0.05) is 12.2 Å². The summed E-state index contributed by atoms with van der Waals surface area (Å²) in [4.78, 5) is 27.0. The number of rotatable bonds is 5. The number of aryl methyl sites for hydroxylation is 1. The topological polar surface area (TPSA) is 79.3 Å². The van der Waals surface area contributed by atoms with Crippen molar-refractivity contribution in [2.24, 2.45) is 5.92 Å². The first-order valence-electron chi connectivity index (χ1n) is 6.19. The summed E-state index contributed by atoms with van der Waals surface area (Å²) in [5.41, 5.74) is 0.500. The molecule has 0 bridgehead atoms. The van der Waals surface area contributed by atoms with Crippen LogP contribution in [0.15, 0.2) is 12.2 Å². The summed E-state index contributed by atoms with van der Waals surface area (Å²) in [5, 5.41) is 12.3. The lowest BCUT2D eigenvalue weighted by atomic mass is 10.1. The molecule has 0 saturated carbocycles. The van der Waals surface area contributed by atoms with Gasteiger partial charge in [-0.15, -0.1) is 11.3 Å². The van der Waals surface area contributed by atoms with Crippen LogP contribution < -0.4 is 5.32 Å². The maximum atomic E-state index is 11.7. The second-order valence-corrected chi connectivity index (χ2v) is 5.66. The maximum Gasteiger partial charge on any atom is 0.347 e. The number of hydrogen-bond acceptors (Lipinski definition) is 4. The Morgan fingerprint density at radius 2 is 2.37 bits per heavy atom. The van der Waals surface area contributed by atoms with Crippen LogP contribution in [0.1, 0.15) is 39.6 Å². The molecule has 102 valence electrons. The predicted molar refractivity (Wildman–Crippen MR) is 72.1 cm³/mol. The van der Waals surface area contributed by atoms with Crippen molar-refractivity contribution in [1.29, 1.82) is 0 Å². The van der Waals surface area contributed by atoms with E-state index in [1.54, 1.807) is 6.92 Å². The lowest BCUT2D eigenvalue weighted by Crippen LogP contribution is -2.24. The highest BCUT2D eigenvalue weighted by Gasteiger charge is 2.16. The third-order valence-corrected chi connectivity index (χ3v) is 4.18. The van der Waals surface area contributed by atoms with Crippen molar-refractivity contribution in [3.8, 4) is 0 Å². The molecule has 1 amide bonds. The molecule has 5 nitrogen and oxygen atoms in total. The fraction of sp³-hybridized carbons (Fsp3) is 0.462. The zero-order valence-corrected chi connectivity index (χ0v) is 11.5.